The molecule has 1 fully saturated rings. The van der Waals surface area contributed by atoms with E-state index in [-0.39, 0.29) is 0 Å². The summed E-state index contributed by atoms with van der Waals surface area (Å²) in [7, 11) is 0. The molecule has 0 unspecified atom stereocenters. The van der Waals surface area contributed by atoms with Gasteiger partial charge in [0, 0.05) is 51.2 Å². The number of fused-ring (bicyclic) bond motifs is 1. The van der Waals surface area contributed by atoms with E-state index in [9.17, 15) is 0 Å². The highest BCUT2D eigenvalue weighted by atomic mass is 15.2. The van der Waals surface area contributed by atoms with Crippen LogP contribution in [0.5, 0.6) is 0 Å². The minimum absolute atomic E-state index is 0.713. The molecule has 4 rings (SSSR count). The molecule has 1 saturated carbocycles. The van der Waals surface area contributed by atoms with Crippen LogP contribution in [0.1, 0.15) is 42.6 Å². The number of nitrogens with one attached hydrogen (secondary N) is 1. The van der Waals surface area contributed by atoms with Crippen LogP contribution in [0, 0.1) is 0 Å². The normalized spacial score (nSPS) is 19.1. The number of imidazole rings is 1. The smallest absolute Gasteiger partial charge is 0.0952 e. The number of hydrogen-bond acceptors (Lipinski definition) is 4. The van der Waals surface area contributed by atoms with Crippen molar-refractivity contribution in [2.24, 2.45) is 0 Å². The zero-order valence-corrected chi connectivity index (χ0v) is 13.6. The van der Waals surface area contributed by atoms with Crippen molar-refractivity contribution in [3.63, 3.8) is 0 Å². The first-order chi connectivity index (χ1) is 11.4. The van der Waals surface area contributed by atoms with Crippen LogP contribution in [0.2, 0.25) is 0 Å². The Morgan fingerprint density at radius 3 is 2.96 bits per heavy atom. The van der Waals surface area contributed by atoms with Crippen LogP contribution in [-0.2, 0) is 26.2 Å². The lowest BCUT2D eigenvalue weighted by molar-refractivity contribution is 0.259. The lowest BCUT2D eigenvalue weighted by atomic mass is 9.93. The number of aromatic nitrogens is 3. The van der Waals surface area contributed by atoms with E-state index >= 15 is 0 Å². The highest BCUT2D eigenvalue weighted by Gasteiger charge is 2.21. The van der Waals surface area contributed by atoms with Crippen molar-refractivity contribution in [3.8, 4) is 0 Å². The molecule has 1 N–H and O–H groups in total. The largest absolute Gasteiger partial charge is 0.333 e. The van der Waals surface area contributed by atoms with E-state index in [1.165, 1.54) is 42.6 Å². The third-order valence-electron chi connectivity index (χ3n) is 5.07. The maximum atomic E-state index is 4.67. The Kier molecular flexibility index (Phi) is 4.39. The fraction of sp³-hybridized carbons (Fsp3) is 0.556. The number of rotatable bonds is 5. The second kappa shape index (κ2) is 6.81. The summed E-state index contributed by atoms with van der Waals surface area (Å²) in [6.07, 6.45) is 11.0. The van der Waals surface area contributed by atoms with Crippen molar-refractivity contribution in [2.45, 2.75) is 57.9 Å². The number of nitrogens with zero attached hydrogens (tertiary/aromatic N) is 4. The first kappa shape index (κ1) is 14.8. The van der Waals surface area contributed by atoms with E-state index in [0.717, 1.165) is 32.7 Å². The fourth-order valence-corrected chi connectivity index (χ4v) is 3.47. The Morgan fingerprint density at radius 2 is 2.17 bits per heavy atom. The molecular weight excluding hydrogens is 286 g/mol. The molecule has 1 aliphatic heterocycles. The standard InChI is InChI=1S/C18H25N5/c1-5-16(6-1)20-11-17-18-13-22(8-3-9-23(18)14-21-17)12-15-4-2-7-19-10-15/h2,4,7,10,14,16,20H,1,3,5-6,8-9,11-13H2. The summed E-state index contributed by atoms with van der Waals surface area (Å²) in [6.45, 7) is 5.07. The fourth-order valence-electron chi connectivity index (χ4n) is 3.47. The van der Waals surface area contributed by atoms with Gasteiger partial charge in [-0.25, -0.2) is 4.98 Å². The van der Waals surface area contributed by atoms with Crippen LogP contribution in [0.4, 0.5) is 0 Å². The van der Waals surface area contributed by atoms with Gasteiger partial charge in [0.25, 0.3) is 0 Å². The Balaban J connectivity index is 1.45. The SMILES string of the molecule is c1cncc(CN2CCCn3cnc(CNC4CCC4)c3C2)c1. The molecule has 0 amide bonds. The number of hydrogen-bond donors (Lipinski definition) is 1. The Bertz CT molecular complexity index is 632. The van der Waals surface area contributed by atoms with Crippen molar-refractivity contribution in [2.75, 3.05) is 6.54 Å². The van der Waals surface area contributed by atoms with Crippen molar-refractivity contribution >= 4 is 0 Å². The van der Waals surface area contributed by atoms with E-state index in [0.29, 0.717) is 6.04 Å². The van der Waals surface area contributed by atoms with Gasteiger partial charge in [-0.2, -0.15) is 0 Å². The zero-order valence-electron chi connectivity index (χ0n) is 13.6. The van der Waals surface area contributed by atoms with Crippen molar-refractivity contribution in [1.29, 1.82) is 0 Å². The predicted octanol–water partition coefficient (Wildman–Crippen LogP) is 2.33. The van der Waals surface area contributed by atoms with Crippen molar-refractivity contribution in [3.05, 3.63) is 47.8 Å². The minimum Gasteiger partial charge on any atom is -0.333 e. The third-order valence-corrected chi connectivity index (χ3v) is 5.07. The summed E-state index contributed by atoms with van der Waals surface area (Å²) in [5.41, 5.74) is 3.91. The van der Waals surface area contributed by atoms with Crippen LogP contribution in [-0.4, -0.2) is 32.0 Å². The van der Waals surface area contributed by atoms with Crippen LogP contribution in [0.3, 0.4) is 0 Å². The predicted molar refractivity (Wildman–Crippen MR) is 89.7 cm³/mol. The molecule has 1 aliphatic carbocycles. The highest BCUT2D eigenvalue weighted by molar-refractivity contribution is 5.15. The van der Waals surface area contributed by atoms with Crippen LogP contribution in [0.25, 0.3) is 0 Å². The van der Waals surface area contributed by atoms with E-state index in [4.69, 9.17) is 0 Å². The number of aryl methyl sites for hydroxylation is 1. The highest BCUT2D eigenvalue weighted by Crippen LogP contribution is 2.21. The zero-order chi connectivity index (χ0) is 15.5. The van der Waals surface area contributed by atoms with Gasteiger partial charge in [-0.15, -0.1) is 0 Å². The molecule has 0 bridgehead atoms. The van der Waals surface area contributed by atoms with E-state index < -0.39 is 0 Å². The van der Waals surface area contributed by atoms with E-state index in [2.05, 4.69) is 30.8 Å². The van der Waals surface area contributed by atoms with E-state index in [1.54, 1.807) is 0 Å². The van der Waals surface area contributed by atoms with Gasteiger partial charge in [-0.05, 0) is 30.9 Å². The average molecular weight is 311 g/mol. The Labute approximate surface area is 137 Å². The molecular formula is C18H25N5. The summed E-state index contributed by atoms with van der Waals surface area (Å²) in [4.78, 5) is 11.4. The van der Waals surface area contributed by atoms with E-state index in [1.807, 2.05) is 24.8 Å². The molecule has 2 aromatic heterocycles. The van der Waals surface area contributed by atoms with Gasteiger partial charge in [0.1, 0.15) is 0 Å². The molecule has 0 spiro atoms. The van der Waals surface area contributed by atoms with Gasteiger partial charge in [0.05, 0.1) is 17.7 Å². The monoisotopic (exact) mass is 311 g/mol. The molecule has 3 heterocycles. The van der Waals surface area contributed by atoms with Gasteiger partial charge in [0.2, 0.25) is 0 Å². The molecule has 2 aromatic rings. The maximum absolute atomic E-state index is 4.67. The molecule has 5 nitrogen and oxygen atoms in total. The average Bonchev–Trinajstić information content (AvgIpc) is 2.78. The Morgan fingerprint density at radius 1 is 1.22 bits per heavy atom. The maximum Gasteiger partial charge on any atom is 0.0952 e. The lowest BCUT2D eigenvalue weighted by Gasteiger charge is -2.26. The lowest BCUT2D eigenvalue weighted by Crippen LogP contribution is -2.35. The second-order valence-electron chi connectivity index (χ2n) is 6.77. The first-order valence-electron chi connectivity index (χ1n) is 8.76. The van der Waals surface area contributed by atoms with Gasteiger partial charge >= 0.3 is 0 Å². The number of pyridine rings is 1. The van der Waals surface area contributed by atoms with Gasteiger partial charge in [0.15, 0.2) is 0 Å². The van der Waals surface area contributed by atoms with Crippen molar-refractivity contribution in [1.82, 2.24) is 24.8 Å². The summed E-state index contributed by atoms with van der Waals surface area (Å²) in [5.74, 6) is 0. The van der Waals surface area contributed by atoms with Gasteiger partial charge < -0.3 is 9.88 Å². The third kappa shape index (κ3) is 3.46. The summed E-state index contributed by atoms with van der Waals surface area (Å²) >= 11 is 0. The second-order valence-corrected chi connectivity index (χ2v) is 6.77. The molecule has 5 heteroatoms. The molecule has 0 saturated heterocycles. The molecule has 122 valence electrons. The minimum atomic E-state index is 0.713. The van der Waals surface area contributed by atoms with Crippen LogP contribution >= 0.6 is 0 Å². The van der Waals surface area contributed by atoms with Gasteiger partial charge in [-0.1, -0.05) is 12.5 Å². The Hall–Kier alpha value is -1.72. The molecule has 0 radical (unpaired) electrons. The summed E-state index contributed by atoms with van der Waals surface area (Å²) in [5, 5.41) is 3.65. The van der Waals surface area contributed by atoms with Crippen molar-refractivity contribution < 1.29 is 0 Å². The quantitative estimate of drug-likeness (QED) is 0.920. The van der Waals surface area contributed by atoms with Gasteiger partial charge in [-0.3, -0.25) is 9.88 Å². The first-order valence-corrected chi connectivity index (χ1v) is 8.76. The van der Waals surface area contributed by atoms with Crippen LogP contribution in [0.15, 0.2) is 30.9 Å². The summed E-state index contributed by atoms with van der Waals surface area (Å²) in [6, 6.07) is 4.89. The molecule has 2 aliphatic rings. The van der Waals surface area contributed by atoms with Crippen LogP contribution < -0.4 is 5.32 Å². The molecule has 0 aromatic carbocycles. The molecule has 23 heavy (non-hydrogen) atoms. The summed E-state index contributed by atoms with van der Waals surface area (Å²) < 4.78 is 2.35. The molecule has 0 atom stereocenters. The topological polar surface area (TPSA) is 46.0 Å².